The van der Waals surface area contributed by atoms with Crippen molar-refractivity contribution in [2.75, 3.05) is 38.5 Å². The normalized spacial score (nSPS) is 10.8. The first kappa shape index (κ1) is 22.9. The fraction of sp³-hybridized carbons (Fsp3) is 0.526. The quantitative estimate of drug-likeness (QED) is 0.667. The van der Waals surface area contributed by atoms with Gasteiger partial charge in [-0.05, 0) is 52.4 Å². The van der Waals surface area contributed by atoms with Crippen LogP contribution in [0, 0.1) is 6.92 Å². The summed E-state index contributed by atoms with van der Waals surface area (Å²) >= 11 is 5.96. The Kier molecular flexibility index (Phi) is 9.25. The summed E-state index contributed by atoms with van der Waals surface area (Å²) in [5.74, 6) is -0.649. The number of hydrogen-bond donors (Lipinski definition) is 2. The predicted molar refractivity (Wildman–Crippen MR) is 108 cm³/mol. The van der Waals surface area contributed by atoms with E-state index in [2.05, 4.69) is 10.6 Å². The molecule has 8 heteroatoms. The molecule has 0 saturated heterocycles. The summed E-state index contributed by atoms with van der Waals surface area (Å²) in [6, 6.07) is 5.29. The Bertz CT molecular complexity index is 679. The molecule has 1 aromatic carbocycles. The van der Waals surface area contributed by atoms with Gasteiger partial charge in [-0.2, -0.15) is 0 Å². The van der Waals surface area contributed by atoms with E-state index in [-0.39, 0.29) is 43.4 Å². The summed E-state index contributed by atoms with van der Waals surface area (Å²) in [6.07, 6.45) is 0. The summed E-state index contributed by atoms with van der Waals surface area (Å²) in [5, 5.41) is 6.09. The maximum atomic E-state index is 12.4. The molecule has 0 aliphatic carbocycles. The molecule has 0 atom stereocenters. The zero-order valence-electron chi connectivity index (χ0n) is 16.6. The zero-order valence-corrected chi connectivity index (χ0v) is 17.4. The lowest BCUT2D eigenvalue weighted by atomic mass is 10.2. The highest BCUT2D eigenvalue weighted by molar-refractivity contribution is 6.31. The number of hydrogen-bond acceptors (Lipinski definition) is 4. The average molecular weight is 397 g/mol. The van der Waals surface area contributed by atoms with Gasteiger partial charge in [0.25, 0.3) is 0 Å². The summed E-state index contributed by atoms with van der Waals surface area (Å²) in [6.45, 7) is 7.94. The van der Waals surface area contributed by atoms with Crippen LogP contribution in [0.25, 0.3) is 0 Å². The van der Waals surface area contributed by atoms with E-state index < -0.39 is 0 Å². The number of rotatable bonds is 9. The summed E-state index contributed by atoms with van der Waals surface area (Å²) in [4.78, 5) is 39.6. The number of nitrogens with one attached hydrogen (secondary N) is 2. The van der Waals surface area contributed by atoms with Gasteiger partial charge in [-0.25, -0.2) is 0 Å². The highest BCUT2D eigenvalue weighted by Gasteiger charge is 2.19. The lowest BCUT2D eigenvalue weighted by Gasteiger charge is -2.24. The van der Waals surface area contributed by atoms with E-state index in [1.165, 1.54) is 4.90 Å². The van der Waals surface area contributed by atoms with Crippen molar-refractivity contribution < 1.29 is 14.4 Å². The van der Waals surface area contributed by atoms with Crippen molar-refractivity contribution in [3.8, 4) is 0 Å². The minimum absolute atomic E-state index is 0.0485. The van der Waals surface area contributed by atoms with Crippen molar-refractivity contribution in [2.24, 2.45) is 0 Å². The molecule has 150 valence electrons. The lowest BCUT2D eigenvalue weighted by molar-refractivity contribution is -0.135. The molecule has 0 bridgehead atoms. The molecule has 0 fully saturated rings. The molecule has 7 nitrogen and oxygen atoms in total. The third-order valence-corrected chi connectivity index (χ3v) is 4.05. The molecule has 0 heterocycles. The number of aryl methyl sites for hydroxylation is 1. The van der Waals surface area contributed by atoms with Crippen molar-refractivity contribution in [2.45, 2.75) is 33.7 Å². The predicted octanol–water partition coefficient (Wildman–Crippen LogP) is 1.89. The standard InChI is InChI=1S/C19H29ClN4O3/c1-6-24(19(27)12-23(5)10-17(25)21-13(2)3)11-18(26)22-16-9-15(20)8-7-14(16)4/h7-9,13H,6,10-12H2,1-5H3,(H,21,25)(H,22,26). The molecule has 3 amide bonds. The summed E-state index contributed by atoms with van der Waals surface area (Å²) in [7, 11) is 1.70. The third kappa shape index (κ3) is 8.41. The van der Waals surface area contributed by atoms with Gasteiger partial charge in [0.2, 0.25) is 17.7 Å². The molecule has 1 rings (SSSR count). The van der Waals surface area contributed by atoms with Gasteiger partial charge in [0.05, 0.1) is 19.6 Å². The number of amides is 3. The van der Waals surface area contributed by atoms with Crippen molar-refractivity contribution in [1.82, 2.24) is 15.1 Å². The molecular weight excluding hydrogens is 368 g/mol. The highest BCUT2D eigenvalue weighted by Crippen LogP contribution is 2.20. The van der Waals surface area contributed by atoms with Crippen LogP contribution < -0.4 is 10.6 Å². The fourth-order valence-corrected chi connectivity index (χ4v) is 2.64. The fourth-order valence-electron chi connectivity index (χ4n) is 2.47. The number of nitrogens with zero attached hydrogens (tertiary/aromatic N) is 2. The maximum Gasteiger partial charge on any atom is 0.244 e. The Labute approximate surface area is 166 Å². The van der Waals surface area contributed by atoms with Crippen LogP contribution in [0.1, 0.15) is 26.3 Å². The van der Waals surface area contributed by atoms with Gasteiger partial charge in [-0.3, -0.25) is 19.3 Å². The van der Waals surface area contributed by atoms with Crippen LogP contribution in [0.2, 0.25) is 5.02 Å². The second-order valence-electron chi connectivity index (χ2n) is 6.81. The molecule has 2 N–H and O–H groups in total. The molecule has 0 radical (unpaired) electrons. The average Bonchev–Trinajstić information content (AvgIpc) is 2.54. The van der Waals surface area contributed by atoms with Crippen LogP contribution in [0.5, 0.6) is 0 Å². The van der Waals surface area contributed by atoms with Crippen LogP contribution in [0.3, 0.4) is 0 Å². The van der Waals surface area contributed by atoms with Crippen molar-refractivity contribution in [1.29, 1.82) is 0 Å². The smallest absolute Gasteiger partial charge is 0.244 e. The van der Waals surface area contributed by atoms with Gasteiger partial charge in [0.1, 0.15) is 0 Å². The van der Waals surface area contributed by atoms with Crippen LogP contribution in [-0.2, 0) is 14.4 Å². The Balaban J connectivity index is 2.58. The molecule has 1 aromatic rings. The van der Waals surface area contributed by atoms with E-state index in [1.807, 2.05) is 26.8 Å². The second kappa shape index (κ2) is 10.9. The van der Waals surface area contributed by atoms with Crippen molar-refractivity contribution >= 4 is 35.0 Å². The molecule has 0 saturated carbocycles. The first-order valence-corrected chi connectivity index (χ1v) is 9.31. The number of carbonyl (C=O) groups is 3. The van der Waals surface area contributed by atoms with Gasteiger partial charge >= 0.3 is 0 Å². The van der Waals surface area contributed by atoms with E-state index in [1.54, 1.807) is 31.0 Å². The molecule has 0 unspecified atom stereocenters. The number of anilines is 1. The van der Waals surface area contributed by atoms with E-state index in [0.29, 0.717) is 17.3 Å². The summed E-state index contributed by atoms with van der Waals surface area (Å²) in [5.41, 5.74) is 1.51. The van der Waals surface area contributed by atoms with Gasteiger partial charge in [0, 0.05) is 23.3 Å². The molecule has 27 heavy (non-hydrogen) atoms. The van der Waals surface area contributed by atoms with E-state index in [4.69, 9.17) is 11.6 Å². The van der Waals surface area contributed by atoms with Gasteiger partial charge in [-0.1, -0.05) is 17.7 Å². The zero-order chi connectivity index (χ0) is 20.6. The number of benzene rings is 1. The van der Waals surface area contributed by atoms with E-state index in [0.717, 1.165) is 5.56 Å². The van der Waals surface area contributed by atoms with Crippen LogP contribution in [0.4, 0.5) is 5.69 Å². The number of carbonyl (C=O) groups excluding carboxylic acids is 3. The topological polar surface area (TPSA) is 81.8 Å². The van der Waals surface area contributed by atoms with E-state index in [9.17, 15) is 14.4 Å². The van der Waals surface area contributed by atoms with Gasteiger partial charge in [0.15, 0.2) is 0 Å². The Morgan fingerprint density at radius 1 is 1.11 bits per heavy atom. The third-order valence-electron chi connectivity index (χ3n) is 3.81. The monoisotopic (exact) mass is 396 g/mol. The molecular formula is C19H29ClN4O3. The minimum atomic E-state index is -0.296. The SMILES string of the molecule is CCN(CC(=O)Nc1cc(Cl)ccc1C)C(=O)CN(C)CC(=O)NC(C)C. The Morgan fingerprint density at radius 2 is 1.78 bits per heavy atom. The molecule has 0 aromatic heterocycles. The molecule has 0 spiro atoms. The van der Waals surface area contributed by atoms with Gasteiger partial charge < -0.3 is 15.5 Å². The largest absolute Gasteiger partial charge is 0.353 e. The number of likely N-dealkylation sites (N-methyl/N-ethyl adjacent to an activating group) is 2. The minimum Gasteiger partial charge on any atom is -0.353 e. The lowest BCUT2D eigenvalue weighted by Crippen LogP contribution is -2.45. The molecule has 0 aliphatic heterocycles. The summed E-state index contributed by atoms with van der Waals surface area (Å²) < 4.78 is 0. The Hall–Kier alpha value is -2.12. The maximum absolute atomic E-state index is 12.4. The van der Waals surface area contributed by atoms with Crippen LogP contribution in [-0.4, -0.2) is 66.8 Å². The van der Waals surface area contributed by atoms with Crippen LogP contribution >= 0.6 is 11.6 Å². The molecule has 0 aliphatic rings. The first-order valence-electron chi connectivity index (χ1n) is 8.94. The Morgan fingerprint density at radius 3 is 2.37 bits per heavy atom. The van der Waals surface area contributed by atoms with Crippen molar-refractivity contribution in [3.63, 3.8) is 0 Å². The second-order valence-corrected chi connectivity index (χ2v) is 7.25. The van der Waals surface area contributed by atoms with Gasteiger partial charge in [-0.15, -0.1) is 0 Å². The van der Waals surface area contributed by atoms with E-state index >= 15 is 0 Å². The first-order chi connectivity index (χ1) is 12.6. The van der Waals surface area contributed by atoms with Crippen LogP contribution in [0.15, 0.2) is 18.2 Å². The van der Waals surface area contributed by atoms with Crippen molar-refractivity contribution in [3.05, 3.63) is 28.8 Å². The highest BCUT2D eigenvalue weighted by atomic mass is 35.5. The number of halogens is 1.